The fraction of sp³-hybridized carbons (Fsp3) is 0.581. The van der Waals surface area contributed by atoms with Crippen LogP contribution in [0.1, 0.15) is 84.6 Å². The lowest BCUT2D eigenvalue weighted by atomic mass is 9.77. The number of Topliss-reactive ketones (excluding diaryl/α,β-unsaturated/α-hetero) is 1. The number of amides is 1. The summed E-state index contributed by atoms with van der Waals surface area (Å²) in [6, 6.07) is 4.38. The molecule has 0 radical (unpaired) electrons. The van der Waals surface area contributed by atoms with Crippen molar-refractivity contribution in [1.82, 2.24) is 14.9 Å². The van der Waals surface area contributed by atoms with Gasteiger partial charge in [0, 0.05) is 36.1 Å². The van der Waals surface area contributed by atoms with Gasteiger partial charge in [0.15, 0.2) is 5.78 Å². The van der Waals surface area contributed by atoms with Crippen molar-refractivity contribution < 1.29 is 38.5 Å². The van der Waals surface area contributed by atoms with E-state index in [1.807, 2.05) is 32.2 Å². The van der Waals surface area contributed by atoms with Gasteiger partial charge in [-0.15, -0.1) is 17.9 Å². The number of carbonyl (C=O) groups is 4. The molecule has 7 rings (SSSR count). The number of carboxylic acids is 1. The Hall–Kier alpha value is -4.03. The number of allylic oxidation sites excluding steroid dienone is 1. The maximum absolute atomic E-state index is 14.7. The standard InChI is InChI=1S/C43H52ClN3O8S/c1-8-25-18-43(25,41(51)52)19-33(48)32-15-27(20-47(32)40(50)29(42(4,5)6)16-37(49)55-26-13-23-12-24(23)14-26)54-35-17-30(31-21-56-36(45-31)11-22(2)3)46-39-28(35)9-10-34(53-7)38(39)44/h8-10,17,21-27,29,32H,1,11-16,18-20H2,2-7H3,(H,51,52)/t23-,24+,25?,26?,27-,29-,32+,43-/m1/s1. The fourth-order valence-corrected chi connectivity index (χ4v) is 10.1. The molecule has 3 aliphatic carbocycles. The molecular weight excluding hydrogens is 754 g/mol. The monoisotopic (exact) mass is 805 g/mol. The minimum Gasteiger partial charge on any atom is -0.495 e. The number of hydrogen-bond donors (Lipinski definition) is 1. The second kappa shape index (κ2) is 15.4. The Labute approximate surface area is 337 Å². The molecule has 11 nitrogen and oxygen atoms in total. The minimum absolute atomic E-state index is 0.0477. The van der Waals surface area contributed by atoms with Crippen molar-refractivity contribution in [1.29, 1.82) is 0 Å². The van der Waals surface area contributed by atoms with E-state index < -0.39 is 40.8 Å². The Kier molecular flexibility index (Phi) is 11.0. The number of carboxylic acid groups (broad SMARTS) is 1. The summed E-state index contributed by atoms with van der Waals surface area (Å²) in [4.78, 5) is 66.1. The number of esters is 1. The summed E-state index contributed by atoms with van der Waals surface area (Å²) < 4.78 is 18.2. The zero-order chi connectivity index (χ0) is 40.3. The van der Waals surface area contributed by atoms with Gasteiger partial charge < -0.3 is 24.2 Å². The molecule has 13 heteroatoms. The van der Waals surface area contributed by atoms with Gasteiger partial charge in [-0.05, 0) is 66.9 Å². The van der Waals surface area contributed by atoms with Gasteiger partial charge >= 0.3 is 11.9 Å². The number of carbonyl (C=O) groups excluding carboxylic acids is 3. The van der Waals surface area contributed by atoms with E-state index in [0.29, 0.717) is 63.0 Å². The number of hydrogen-bond acceptors (Lipinski definition) is 10. The molecule has 1 aliphatic heterocycles. The fourth-order valence-electron chi connectivity index (χ4n) is 8.79. The summed E-state index contributed by atoms with van der Waals surface area (Å²) in [6.45, 7) is 13.8. The highest BCUT2D eigenvalue weighted by molar-refractivity contribution is 7.09. The lowest BCUT2D eigenvalue weighted by molar-refractivity contribution is -0.157. The first-order chi connectivity index (χ1) is 26.5. The first kappa shape index (κ1) is 40.2. The molecule has 56 heavy (non-hydrogen) atoms. The summed E-state index contributed by atoms with van der Waals surface area (Å²) in [5, 5.41) is 14.0. The van der Waals surface area contributed by atoms with Crippen molar-refractivity contribution in [2.45, 2.75) is 104 Å². The summed E-state index contributed by atoms with van der Waals surface area (Å²) in [6.07, 6.45) is 4.63. The van der Waals surface area contributed by atoms with Crippen molar-refractivity contribution >= 4 is 57.5 Å². The summed E-state index contributed by atoms with van der Waals surface area (Å²) in [5.74, 6) is -0.733. The van der Waals surface area contributed by atoms with Gasteiger partial charge in [-0.3, -0.25) is 19.2 Å². The molecule has 2 aromatic heterocycles. The molecule has 1 amide bonds. The highest BCUT2D eigenvalue weighted by Crippen LogP contribution is 2.57. The second-order valence-electron chi connectivity index (χ2n) is 17.8. The van der Waals surface area contributed by atoms with Crippen LogP contribution in [0, 0.1) is 40.4 Å². The summed E-state index contributed by atoms with van der Waals surface area (Å²) >= 11 is 8.40. The molecule has 4 aliphatic rings. The van der Waals surface area contributed by atoms with Crippen LogP contribution in [-0.4, -0.2) is 75.5 Å². The third-order valence-corrected chi connectivity index (χ3v) is 13.5. The van der Waals surface area contributed by atoms with E-state index in [1.165, 1.54) is 18.4 Å². The van der Waals surface area contributed by atoms with E-state index in [9.17, 15) is 24.3 Å². The van der Waals surface area contributed by atoms with Crippen molar-refractivity contribution in [2.75, 3.05) is 13.7 Å². The number of methoxy groups -OCH3 is 1. The molecule has 4 fully saturated rings. The van der Waals surface area contributed by atoms with Crippen molar-refractivity contribution in [3.63, 3.8) is 0 Å². The van der Waals surface area contributed by atoms with Gasteiger partial charge in [0.25, 0.3) is 0 Å². The zero-order valence-electron chi connectivity index (χ0n) is 33.0. The Morgan fingerprint density at radius 3 is 2.43 bits per heavy atom. The average molecular weight is 806 g/mol. The number of benzene rings is 1. The Morgan fingerprint density at radius 1 is 1.07 bits per heavy atom. The van der Waals surface area contributed by atoms with Crippen molar-refractivity contribution in [3.05, 3.63) is 46.3 Å². The van der Waals surface area contributed by atoms with Gasteiger partial charge in [-0.1, -0.05) is 52.3 Å². The van der Waals surface area contributed by atoms with Crippen LogP contribution in [0.5, 0.6) is 11.5 Å². The lowest BCUT2D eigenvalue weighted by Gasteiger charge is -2.35. The summed E-state index contributed by atoms with van der Waals surface area (Å²) in [5.41, 5.74) is -0.237. The number of ether oxygens (including phenoxy) is 3. The highest BCUT2D eigenvalue weighted by Gasteiger charge is 2.61. The predicted octanol–water partition coefficient (Wildman–Crippen LogP) is 8.20. The number of rotatable bonds is 15. The first-order valence-electron chi connectivity index (χ1n) is 19.7. The topological polar surface area (TPSA) is 145 Å². The third-order valence-electron chi connectivity index (χ3n) is 12.2. The maximum Gasteiger partial charge on any atom is 0.310 e. The van der Waals surface area contributed by atoms with Gasteiger partial charge in [0.05, 0.1) is 59.4 Å². The Balaban J connectivity index is 1.20. The van der Waals surface area contributed by atoms with E-state index in [-0.39, 0.29) is 49.5 Å². The van der Waals surface area contributed by atoms with Crippen molar-refractivity contribution in [2.24, 2.45) is 40.4 Å². The molecule has 0 spiro atoms. The molecule has 1 aromatic carbocycles. The van der Waals surface area contributed by atoms with Crippen LogP contribution in [0.15, 0.2) is 36.2 Å². The normalized spacial score (nSPS) is 27.2. The smallest absolute Gasteiger partial charge is 0.310 e. The van der Waals surface area contributed by atoms with Crippen LogP contribution in [0.3, 0.4) is 0 Å². The molecule has 1 saturated heterocycles. The number of likely N-dealkylation sites (tertiary alicyclic amines) is 1. The van der Waals surface area contributed by atoms with E-state index in [4.69, 9.17) is 35.8 Å². The predicted molar refractivity (Wildman–Crippen MR) is 214 cm³/mol. The first-order valence-corrected chi connectivity index (χ1v) is 20.9. The third kappa shape index (κ3) is 8.05. The van der Waals surface area contributed by atoms with Crippen LogP contribution < -0.4 is 9.47 Å². The molecule has 8 atom stereocenters. The van der Waals surface area contributed by atoms with E-state index in [1.54, 1.807) is 29.5 Å². The van der Waals surface area contributed by atoms with Gasteiger partial charge in [-0.2, -0.15) is 0 Å². The number of thiazole rings is 1. The van der Waals surface area contributed by atoms with E-state index >= 15 is 0 Å². The molecule has 0 bridgehead atoms. The van der Waals surface area contributed by atoms with Gasteiger partial charge in [0.1, 0.15) is 28.7 Å². The maximum atomic E-state index is 14.7. The number of ketones is 1. The number of aromatic nitrogens is 2. The van der Waals surface area contributed by atoms with Crippen LogP contribution in [0.2, 0.25) is 5.02 Å². The van der Waals surface area contributed by atoms with Gasteiger partial charge in [-0.25, -0.2) is 9.97 Å². The molecule has 3 heterocycles. The van der Waals surface area contributed by atoms with Crippen LogP contribution in [0.25, 0.3) is 22.3 Å². The Morgan fingerprint density at radius 2 is 1.80 bits per heavy atom. The lowest BCUT2D eigenvalue weighted by Crippen LogP contribution is -2.48. The zero-order valence-corrected chi connectivity index (χ0v) is 34.6. The van der Waals surface area contributed by atoms with Crippen LogP contribution in [0.4, 0.5) is 0 Å². The SMILES string of the molecule is C=CC1C[C@]1(CC(=O)[C@@H]1C[C@@H](Oc2cc(-c3csc(CC(C)C)n3)nc3c(Cl)c(OC)ccc23)CN1C(=O)[C@@H](CC(=O)OC1C[C@@H]2C[C@@H]2C1)C(C)(C)C)C(=O)O. The average Bonchev–Trinajstić information content (AvgIpc) is 3.80. The van der Waals surface area contributed by atoms with Gasteiger partial charge in [0.2, 0.25) is 5.91 Å². The number of fused-ring (bicyclic) bond motifs is 2. The van der Waals surface area contributed by atoms with Crippen molar-refractivity contribution in [3.8, 4) is 22.9 Å². The Bertz CT molecular complexity index is 2050. The second-order valence-corrected chi connectivity index (χ2v) is 19.1. The molecular formula is C43H52ClN3O8S. The number of pyridine rings is 1. The summed E-state index contributed by atoms with van der Waals surface area (Å²) in [7, 11) is 1.53. The van der Waals surface area contributed by atoms with E-state index in [0.717, 1.165) is 24.3 Å². The van der Waals surface area contributed by atoms with Crippen LogP contribution in [-0.2, 0) is 30.3 Å². The largest absolute Gasteiger partial charge is 0.495 e. The number of aliphatic carboxylic acids is 1. The molecule has 300 valence electrons. The minimum atomic E-state index is -1.25. The molecule has 3 saturated carbocycles. The molecule has 3 aromatic rings. The quantitative estimate of drug-likeness (QED) is 0.118. The molecule has 2 unspecified atom stereocenters. The highest BCUT2D eigenvalue weighted by atomic mass is 35.5. The number of halogens is 1. The van der Waals surface area contributed by atoms with E-state index in [2.05, 4.69) is 20.4 Å². The van der Waals surface area contributed by atoms with Crippen LogP contribution >= 0.6 is 22.9 Å². The number of nitrogens with zero attached hydrogens (tertiary/aromatic N) is 3. The molecule has 1 N–H and O–H groups in total.